The van der Waals surface area contributed by atoms with Crippen LogP contribution in [-0.4, -0.2) is 34.5 Å². The molecular formula is C13H19FN4O. The Morgan fingerprint density at radius 2 is 2.26 bits per heavy atom. The van der Waals surface area contributed by atoms with E-state index in [1.807, 2.05) is 20.8 Å². The molecule has 19 heavy (non-hydrogen) atoms. The number of nitrogens with zero attached hydrogens (tertiary/aromatic N) is 3. The molecule has 0 spiro atoms. The minimum absolute atomic E-state index is 0.0180. The third-order valence-electron chi connectivity index (χ3n) is 3.00. The molecule has 1 N–H and O–H groups in total. The average Bonchev–Trinajstić information content (AvgIpc) is 2.76. The summed E-state index contributed by atoms with van der Waals surface area (Å²) >= 11 is 0. The molecule has 6 heteroatoms. The van der Waals surface area contributed by atoms with Crippen LogP contribution >= 0.6 is 0 Å². The lowest BCUT2D eigenvalue weighted by Gasteiger charge is -2.23. The van der Waals surface area contributed by atoms with Gasteiger partial charge >= 0.3 is 0 Å². The van der Waals surface area contributed by atoms with Gasteiger partial charge in [-0.15, -0.1) is 0 Å². The highest BCUT2D eigenvalue weighted by Crippen LogP contribution is 2.24. The molecule has 0 bridgehead atoms. The third-order valence-corrected chi connectivity index (χ3v) is 3.00. The van der Waals surface area contributed by atoms with Gasteiger partial charge in [-0.3, -0.25) is 4.79 Å². The topological polar surface area (TPSA) is 58.1 Å². The molecular weight excluding hydrogens is 247 g/mol. The Balaban J connectivity index is 2.01. The van der Waals surface area contributed by atoms with Crippen molar-refractivity contribution in [3.63, 3.8) is 0 Å². The zero-order valence-electron chi connectivity index (χ0n) is 11.5. The highest BCUT2D eigenvalue weighted by Gasteiger charge is 2.31. The van der Waals surface area contributed by atoms with Gasteiger partial charge in [0.25, 0.3) is 0 Å². The fourth-order valence-corrected chi connectivity index (χ4v) is 2.18. The summed E-state index contributed by atoms with van der Waals surface area (Å²) in [5.41, 5.74) is -0.245. The van der Waals surface area contributed by atoms with Crippen LogP contribution in [0.4, 0.5) is 10.2 Å². The molecule has 5 nitrogen and oxygen atoms in total. The number of amides is 1. The summed E-state index contributed by atoms with van der Waals surface area (Å²) in [6.07, 6.45) is 3.18. The predicted molar refractivity (Wildman–Crippen MR) is 70.2 cm³/mol. The summed E-state index contributed by atoms with van der Waals surface area (Å²) in [6, 6.07) is 0. The van der Waals surface area contributed by atoms with E-state index in [0.29, 0.717) is 19.5 Å². The number of hydrogen-bond acceptors (Lipinski definition) is 4. The van der Waals surface area contributed by atoms with Crippen molar-refractivity contribution in [1.29, 1.82) is 0 Å². The van der Waals surface area contributed by atoms with E-state index in [1.165, 1.54) is 6.33 Å². The zero-order valence-corrected chi connectivity index (χ0v) is 11.5. The molecule has 1 aliphatic rings. The molecule has 1 amide bonds. The minimum Gasteiger partial charge on any atom is -0.353 e. The standard InChI is InChI=1S/C13H19FN4O/c1-13(2,3)17-12(19)9-4-5-18(7-9)11-10(14)6-15-8-16-11/h6,8-9H,4-5,7H2,1-3H3,(H,17,19). The SMILES string of the molecule is CC(C)(C)NC(=O)C1CCN(c2ncncc2F)C1. The summed E-state index contributed by atoms with van der Waals surface area (Å²) in [5.74, 6) is -0.265. The van der Waals surface area contributed by atoms with Crippen LogP contribution < -0.4 is 10.2 Å². The second kappa shape index (κ2) is 5.11. The summed E-state index contributed by atoms with van der Waals surface area (Å²) < 4.78 is 13.6. The Kier molecular flexibility index (Phi) is 3.68. The second-order valence-electron chi connectivity index (χ2n) is 5.87. The molecule has 0 aliphatic carbocycles. The molecule has 1 aromatic rings. The van der Waals surface area contributed by atoms with Crippen LogP contribution in [0.5, 0.6) is 0 Å². The minimum atomic E-state index is -0.445. The largest absolute Gasteiger partial charge is 0.353 e. The molecule has 1 saturated heterocycles. The van der Waals surface area contributed by atoms with E-state index >= 15 is 0 Å². The molecule has 1 unspecified atom stereocenters. The molecule has 1 atom stereocenters. The lowest BCUT2D eigenvalue weighted by Crippen LogP contribution is -2.44. The van der Waals surface area contributed by atoms with Gasteiger partial charge < -0.3 is 10.2 Å². The Morgan fingerprint density at radius 3 is 2.89 bits per heavy atom. The normalized spacial score (nSPS) is 19.6. The number of halogens is 1. The van der Waals surface area contributed by atoms with E-state index in [-0.39, 0.29) is 23.2 Å². The van der Waals surface area contributed by atoms with Crippen molar-refractivity contribution < 1.29 is 9.18 Å². The number of aromatic nitrogens is 2. The van der Waals surface area contributed by atoms with Crippen LogP contribution in [0.1, 0.15) is 27.2 Å². The summed E-state index contributed by atoms with van der Waals surface area (Å²) in [4.78, 5) is 21.4. The number of carbonyl (C=O) groups excluding carboxylic acids is 1. The Labute approximate surface area is 112 Å². The van der Waals surface area contributed by atoms with Crippen molar-refractivity contribution in [3.05, 3.63) is 18.3 Å². The van der Waals surface area contributed by atoms with E-state index in [1.54, 1.807) is 4.90 Å². The summed E-state index contributed by atoms with van der Waals surface area (Å²) in [6.45, 7) is 6.97. The molecule has 0 aromatic carbocycles. The van der Waals surface area contributed by atoms with E-state index in [0.717, 1.165) is 6.20 Å². The van der Waals surface area contributed by atoms with E-state index in [9.17, 15) is 9.18 Å². The van der Waals surface area contributed by atoms with Crippen molar-refractivity contribution in [2.24, 2.45) is 5.92 Å². The summed E-state index contributed by atoms with van der Waals surface area (Å²) in [7, 11) is 0. The van der Waals surface area contributed by atoms with Gasteiger partial charge in [0.05, 0.1) is 12.1 Å². The van der Waals surface area contributed by atoms with E-state index in [2.05, 4.69) is 15.3 Å². The van der Waals surface area contributed by atoms with Gasteiger partial charge in [-0.25, -0.2) is 14.4 Å². The molecule has 104 valence electrons. The van der Waals surface area contributed by atoms with Crippen molar-refractivity contribution in [2.75, 3.05) is 18.0 Å². The number of carbonyl (C=O) groups is 1. The first-order valence-electron chi connectivity index (χ1n) is 6.39. The predicted octanol–water partition coefficient (Wildman–Crippen LogP) is 1.36. The van der Waals surface area contributed by atoms with Crippen molar-refractivity contribution >= 4 is 11.7 Å². The van der Waals surface area contributed by atoms with Crippen molar-refractivity contribution in [2.45, 2.75) is 32.7 Å². The zero-order chi connectivity index (χ0) is 14.0. The molecule has 2 rings (SSSR count). The van der Waals surface area contributed by atoms with Gasteiger partial charge in [0, 0.05) is 18.6 Å². The van der Waals surface area contributed by atoms with Crippen molar-refractivity contribution in [3.8, 4) is 0 Å². The maximum Gasteiger partial charge on any atom is 0.225 e. The molecule has 2 heterocycles. The number of hydrogen-bond donors (Lipinski definition) is 1. The van der Waals surface area contributed by atoms with Gasteiger partial charge in [0.1, 0.15) is 6.33 Å². The monoisotopic (exact) mass is 266 g/mol. The first-order chi connectivity index (χ1) is 8.87. The maximum atomic E-state index is 13.6. The lowest BCUT2D eigenvalue weighted by molar-refractivity contribution is -0.125. The van der Waals surface area contributed by atoms with Crippen LogP contribution in [0.15, 0.2) is 12.5 Å². The van der Waals surface area contributed by atoms with Crippen LogP contribution in [0.25, 0.3) is 0 Å². The van der Waals surface area contributed by atoms with Gasteiger partial charge in [-0.1, -0.05) is 0 Å². The summed E-state index contributed by atoms with van der Waals surface area (Å²) in [5, 5.41) is 2.96. The van der Waals surface area contributed by atoms with E-state index in [4.69, 9.17) is 0 Å². The van der Waals surface area contributed by atoms with Crippen LogP contribution in [-0.2, 0) is 4.79 Å². The van der Waals surface area contributed by atoms with Gasteiger partial charge in [0.2, 0.25) is 5.91 Å². The van der Waals surface area contributed by atoms with Gasteiger partial charge in [-0.2, -0.15) is 0 Å². The molecule has 0 radical (unpaired) electrons. The van der Waals surface area contributed by atoms with Gasteiger partial charge in [-0.05, 0) is 27.2 Å². The average molecular weight is 266 g/mol. The maximum absolute atomic E-state index is 13.6. The molecule has 1 aromatic heterocycles. The first kappa shape index (κ1) is 13.7. The number of nitrogens with one attached hydrogen (secondary N) is 1. The highest BCUT2D eigenvalue weighted by atomic mass is 19.1. The van der Waals surface area contributed by atoms with Crippen molar-refractivity contribution in [1.82, 2.24) is 15.3 Å². The van der Waals surface area contributed by atoms with E-state index < -0.39 is 5.82 Å². The molecule has 1 fully saturated rings. The number of rotatable bonds is 2. The Morgan fingerprint density at radius 1 is 1.53 bits per heavy atom. The molecule has 1 aliphatic heterocycles. The second-order valence-corrected chi connectivity index (χ2v) is 5.87. The molecule has 0 saturated carbocycles. The lowest BCUT2D eigenvalue weighted by atomic mass is 10.0. The van der Waals surface area contributed by atoms with Crippen LogP contribution in [0.3, 0.4) is 0 Å². The fraction of sp³-hybridized carbons (Fsp3) is 0.615. The Hall–Kier alpha value is -1.72. The highest BCUT2D eigenvalue weighted by molar-refractivity contribution is 5.80. The van der Waals surface area contributed by atoms with Crippen LogP contribution in [0, 0.1) is 11.7 Å². The van der Waals surface area contributed by atoms with Gasteiger partial charge in [0.15, 0.2) is 11.6 Å². The fourth-order valence-electron chi connectivity index (χ4n) is 2.18. The quantitative estimate of drug-likeness (QED) is 0.878. The first-order valence-corrected chi connectivity index (χ1v) is 6.39. The number of anilines is 1. The third kappa shape index (κ3) is 3.39. The smallest absolute Gasteiger partial charge is 0.225 e. The van der Waals surface area contributed by atoms with Crippen LogP contribution in [0.2, 0.25) is 0 Å². The Bertz CT molecular complexity index is 472.